The van der Waals surface area contributed by atoms with E-state index in [4.69, 9.17) is 0 Å². The lowest BCUT2D eigenvalue weighted by molar-refractivity contribution is -0.138. The van der Waals surface area contributed by atoms with Crippen LogP contribution in [-0.2, 0) is 0 Å². The highest BCUT2D eigenvalue weighted by Gasteiger charge is 2.44. The molecule has 21 heavy (non-hydrogen) atoms. The standard InChI is InChI=1S/C18H30O2S/c1-4-6-13-18(20,14-7-5-2)17(3,19)15-21-16-11-9-8-10-12-16/h8-12,19-20H,4-7,13-15H2,1-3H3. The number of thioether (sulfide) groups is 1. The van der Waals surface area contributed by atoms with Crippen molar-refractivity contribution in [2.75, 3.05) is 5.75 Å². The fraction of sp³-hybridized carbons (Fsp3) is 0.667. The Kier molecular flexibility index (Phi) is 7.78. The molecule has 0 fully saturated rings. The molecule has 0 radical (unpaired) electrons. The second kappa shape index (κ2) is 8.82. The maximum absolute atomic E-state index is 11.0. The Morgan fingerprint density at radius 3 is 1.95 bits per heavy atom. The van der Waals surface area contributed by atoms with Gasteiger partial charge in [0.15, 0.2) is 0 Å². The third kappa shape index (κ3) is 5.65. The maximum atomic E-state index is 11.0. The summed E-state index contributed by atoms with van der Waals surface area (Å²) >= 11 is 1.61. The van der Waals surface area contributed by atoms with Gasteiger partial charge in [0.2, 0.25) is 0 Å². The number of hydrogen-bond donors (Lipinski definition) is 2. The van der Waals surface area contributed by atoms with E-state index in [9.17, 15) is 10.2 Å². The van der Waals surface area contributed by atoms with Gasteiger partial charge in [0.25, 0.3) is 0 Å². The van der Waals surface area contributed by atoms with Crippen LogP contribution in [0.3, 0.4) is 0 Å². The fourth-order valence-corrected chi connectivity index (χ4v) is 3.54. The quantitative estimate of drug-likeness (QED) is 0.618. The Morgan fingerprint density at radius 1 is 0.952 bits per heavy atom. The van der Waals surface area contributed by atoms with E-state index in [-0.39, 0.29) is 0 Å². The molecular weight excluding hydrogens is 280 g/mol. The zero-order valence-corrected chi connectivity index (χ0v) is 14.5. The van der Waals surface area contributed by atoms with Crippen LogP contribution in [0.15, 0.2) is 35.2 Å². The normalized spacial score (nSPS) is 14.9. The molecule has 0 aromatic heterocycles. The average molecular weight is 311 g/mol. The van der Waals surface area contributed by atoms with Gasteiger partial charge in [0.05, 0.1) is 11.2 Å². The fourth-order valence-electron chi connectivity index (χ4n) is 2.48. The van der Waals surface area contributed by atoms with E-state index in [0.29, 0.717) is 18.6 Å². The predicted octanol–water partition coefficient (Wildman–Crippen LogP) is 4.64. The van der Waals surface area contributed by atoms with Crippen molar-refractivity contribution >= 4 is 11.8 Å². The highest BCUT2D eigenvalue weighted by atomic mass is 32.2. The second-order valence-corrected chi connectivity index (χ2v) is 7.16. The van der Waals surface area contributed by atoms with Gasteiger partial charge in [0.1, 0.15) is 0 Å². The molecule has 0 aliphatic rings. The van der Waals surface area contributed by atoms with Gasteiger partial charge in [-0.2, -0.15) is 0 Å². The van der Waals surface area contributed by atoms with E-state index in [1.54, 1.807) is 18.7 Å². The Hall–Kier alpha value is -0.510. The van der Waals surface area contributed by atoms with E-state index < -0.39 is 11.2 Å². The van der Waals surface area contributed by atoms with Crippen molar-refractivity contribution < 1.29 is 10.2 Å². The highest BCUT2D eigenvalue weighted by Crippen LogP contribution is 2.36. The van der Waals surface area contributed by atoms with Crippen LogP contribution in [0.5, 0.6) is 0 Å². The first-order chi connectivity index (χ1) is 9.95. The SMILES string of the molecule is CCCCC(O)(CCCC)C(C)(O)CSc1ccccc1. The number of aliphatic hydroxyl groups is 2. The zero-order valence-electron chi connectivity index (χ0n) is 13.6. The third-order valence-corrected chi connectivity index (χ3v) is 5.47. The minimum absolute atomic E-state index is 0.515. The second-order valence-electron chi connectivity index (χ2n) is 6.11. The molecule has 0 amide bonds. The molecule has 1 atom stereocenters. The number of unbranched alkanes of at least 4 members (excludes halogenated alkanes) is 2. The van der Waals surface area contributed by atoms with Gasteiger partial charge in [0, 0.05) is 10.6 Å². The molecule has 1 unspecified atom stereocenters. The highest BCUT2D eigenvalue weighted by molar-refractivity contribution is 7.99. The smallest absolute Gasteiger partial charge is 0.0998 e. The largest absolute Gasteiger partial charge is 0.387 e. The van der Waals surface area contributed by atoms with Crippen LogP contribution in [0.4, 0.5) is 0 Å². The molecule has 1 aromatic carbocycles. The van der Waals surface area contributed by atoms with Crippen molar-refractivity contribution in [2.24, 2.45) is 0 Å². The first-order valence-electron chi connectivity index (χ1n) is 8.08. The van der Waals surface area contributed by atoms with Crippen LogP contribution in [0, 0.1) is 0 Å². The van der Waals surface area contributed by atoms with E-state index >= 15 is 0 Å². The monoisotopic (exact) mass is 310 g/mol. The minimum atomic E-state index is -1.07. The van der Waals surface area contributed by atoms with Gasteiger partial charge in [-0.1, -0.05) is 57.7 Å². The summed E-state index contributed by atoms with van der Waals surface area (Å²) in [6.07, 6.45) is 5.32. The Labute approximate surface area is 134 Å². The summed E-state index contributed by atoms with van der Waals surface area (Å²) in [5.74, 6) is 0.515. The Morgan fingerprint density at radius 2 is 1.48 bits per heavy atom. The summed E-state index contributed by atoms with van der Waals surface area (Å²) < 4.78 is 0. The van der Waals surface area contributed by atoms with Crippen molar-refractivity contribution in [1.29, 1.82) is 0 Å². The van der Waals surface area contributed by atoms with Crippen molar-refractivity contribution in [3.63, 3.8) is 0 Å². The number of benzene rings is 1. The molecule has 120 valence electrons. The molecule has 0 saturated carbocycles. The summed E-state index contributed by atoms with van der Waals surface area (Å²) in [6.45, 7) is 6.02. The lowest BCUT2D eigenvalue weighted by Gasteiger charge is -2.41. The molecule has 0 aliphatic carbocycles. The number of rotatable bonds is 10. The summed E-state index contributed by atoms with van der Waals surface area (Å²) in [5, 5.41) is 21.9. The molecule has 0 aliphatic heterocycles. The van der Waals surface area contributed by atoms with Crippen molar-refractivity contribution in [3.8, 4) is 0 Å². The molecule has 2 nitrogen and oxygen atoms in total. The lowest BCUT2D eigenvalue weighted by Crippen LogP contribution is -2.54. The zero-order chi connectivity index (χ0) is 15.8. The van der Waals surface area contributed by atoms with Crippen LogP contribution in [0.1, 0.15) is 59.3 Å². The molecule has 0 bridgehead atoms. The summed E-state index contributed by atoms with van der Waals surface area (Å²) in [5.41, 5.74) is -2.06. The molecule has 2 N–H and O–H groups in total. The Balaban J connectivity index is 2.72. The van der Waals surface area contributed by atoms with Gasteiger partial charge in [-0.15, -0.1) is 11.8 Å². The topological polar surface area (TPSA) is 40.5 Å². The van der Waals surface area contributed by atoms with E-state index in [0.717, 1.165) is 30.6 Å². The molecular formula is C18H30O2S. The summed E-state index contributed by atoms with van der Waals surface area (Å²) in [7, 11) is 0. The molecule has 0 heterocycles. The minimum Gasteiger partial charge on any atom is -0.387 e. The Bertz CT molecular complexity index is 381. The lowest BCUT2D eigenvalue weighted by atomic mass is 9.78. The number of hydrogen-bond acceptors (Lipinski definition) is 3. The first-order valence-corrected chi connectivity index (χ1v) is 9.06. The molecule has 1 rings (SSSR count). The van der Waals surface area contributed by atoms with Crippen molar-refractivity contribution in [3.05, 3.63) is 30.3 Å². The predicted molar refractivity (Wildman–Crippen MR) is 91.8 cm³/mol. The average Bonchev–Trinajstić information content (AvgIpc) is 2.50. The van der Waals surface area contributed by atoms with Crippen LogP contribution in [-0.4, -0.2) is 27.2 Å². The van der Waals surface area contributed by atoms with Crippen molar-refractivity contribution in [2.45, 2.75) is 75.4 Å². The molecule has 1 aromatic rings. The molecule has 3 heteroatoms. The van der Waals surface area contributed by atoms with Gasteiger partial charge >= 0.3 is 0 Å². The maximum Gasteiger partial charge on any atom is 0.0998 e. The van der Waals surface area contributed by atoms with Crippen LogP contribution in [0.25, 0.3) is 0 Å². The van der Waals surface area contributed by atoms with E-state index in [1.807, 2.05) is 30.3 Å². The molecule has 0 spiro atoms. The molecule has 0 saturated heterocycles. The van der Waals surface area contributed by atoms with Crippen molar-refractivity contribution in [1.82, 2.24) is 0 Å². The van der Waals surface area contributed by atoms with Crippen LogP contribution < -0.4 is 0 Å². The summed E-state index contributed by atoms with van der Waals surface area (Å²) in [6, 6.07) is 10.1. The van der Waals surface area contributed by atoms with Gasteiger partial charge < -0.3 is 10.2 Å². The summed E-state index contributed by atoms with van der Waals surface area (Å²) in [4.78, 5) is 1.13. The van der Waals surface area contributed by atoms with Gasteiger partial charge in [-0.3, -0.25) is 0 Å². The van der Waals surface area contributed by atoms with E-state index in [2.05, 4.69) is 13.8 Å². The van der Waals surface area contributed by atoms with E-state index in [1.165, 1.54) is 0 Å². The van der Waals surface area contributed by atoms with Crippen LogP contribution >= 0.6 is 11.8 Å². The van der Waals surface area contributed by atoms with Gasteiger partial charge in [-0.25, -0.2) is 0 Å². The first kappa shape index (κ1) is 18.5. The van der Waals surface area contributed by atoms with Gasteiger partial charge in [-0.05, 0) is 31.9 Å². The third-order valence-electron chi connectivity index (χ3n) is 4.15. The van der Waals surface area contributed by atoms with Crippen LogP contribution in [0.2, 0.25) is 0 Å².